The summed E-state index contributed by atoms with van der Waals surface area (Å²) < 4.78 is 11.4. The molecular weight excluding hydrogens is 411 g/mol. The lowest BCUT2D eigenvalue weighted by molar-refractivity contribution is -0.123. The normalized spacial score (nSPS) is 15.8. The lowest BCUT2D eigenvalue weighted by Crippen LogP contribution is -2.31. The van der Waals surface area contributed by atoms with Gasteiger partial charge in [-0.05, 0) is 48.5 Å². The number of hydrogen-bond acceptors (Lipinski definition) is 4. The Hall–Kier alpha value is -2.37. The number of carbonyl (C=O) groups excluding carboxylic acids is 1. The van der Waals surface area contributed by atoms with Crippen molar-refractivity contribution in [2.75, 3.05) is 26.2 Å². The summed E-state index contributed by atoms with van der Waals surface area (Å²) in [6, 6.07) is 14.3. The Morgan fingerprint density at radius 3 is 2.34 bits per heavy atom. The van der Waals surface area contributed by atoms with Crippen LogP contribution in [0.2, 0.25) is 10.0 Å². The van der Waals surface area contributed by atoms with E-state index >= 15 is 0 Å². The van der Waals surface area contributed by atoms with Crippen molar-refractivity contribution in [3.05, 3.63) is 70.9 Å². The molecule has 1 atom stereocenters. The smallest absolute Gasteiger partial charge is 0.257 e. The van der Waals surface area contributed by atoms with Gasteiger partial charge in [0.05, 0.1) is 6.54 Å². The molecule has 0 spiro atoms. The first kappa shape index (κ1) is 21.3. The van der Waals surface area contributed by atoms with Gasteiger partial charge in [0.1, 0.15) is 17.6 Å². The highest BCUT2D eigenvalue weighted by Crippen LogP contribution is 2.23. The third-order valence-corrected chi connectivity index (χ3v) is 5.13. The van der Waals surface area contributed by atoms with Gasteiger partial charge in [-0.2, -0.15) is 0 Å². The maximum atomic E-state index is 11.9. The molecule has 2 aromatic carbocycles. The van der Waals surface area contributed by atoms with Crippen molar-refractivity contribution in [3.63, 3.8) is 0 Å². The van der Waals surface area contributed by atoms with Gasteiger partial charge in [0, 0.05) is 41.7 Å². The van der Waals surface area contributed by atoms with Gasteiger partial charge >= 0.3 is 0 Å². The zero-order chi connectivity index (χ0) is 20.6. The fraction of sp³-hybridized carbons (Fsp3) is 0.318. The summed E-state index contributed by atoms with van der Waals surface area (Å²) in [5, 5.41) is 4.18. The van der Waals surface area contributed by atoms with E-state index in [1.165, 1.54) is 0 Å². The Labute approximate surface area is 181 Å². The largest absolute Gasteiger partial charge is 0.489 e. The van der Waals surface area contributed by atoms with Crippen molar-refractivity contribution >= 4 is 29.1 Å². The number of amides is 1. The Kier molecular flexibility index (Phi) is 7.67. The standard InChI is InChI=1S/C22H24Cl2N2O3/c1-16(10-12-25-22(27)15-28-19-6-2-17(23)3-7-19)26-13-11-21(14-26)29-20-8-4-18(24)5-9-20/h2-9,21H,1,10-15H2,(H,25,27). The highest BCUT2D eigenvalue weighted by molar-refractivity contribution is 6.30. The summed E-state index contributed by atoms with van der Waals surface area (Å²) in [7, 11) is 0. The molecule has 29 heavy (non-hydrogen) atoms. The molecule has 7 heteroatoms. The molecule has 1 amide bonds. The van der Waals surface area contributed by atoms with Crippen LogP contribution >= 0.6 is 23.2 Å². The Morgan fingerprint density at radius 2 is 1.69 bits per heavy atom. The summed E-state index contributed by atoms with van der Waals surface area (Å²) >= 11 is 11.7. The zero-order valence-corrected chi connectivity index (χ0v) is 17.6. The van der Waals surface area contributed by atoms with Gasteiger partial charge in [-0.3, -0.25) is 4.79 Å². The Balaban J connectivity index is 1.32. The lowest BCUT2D eigenvalue weighted by Gasteiger charge is -2.21. The number of nitrogens with zero attached hydrogens (tertiary/aromatic N) is 1. The number of rotatable bonds is 9. The van der Waals surface area contributed by atoms with Crippen molar-refractivity contribution in [3.8, 4) is 11.5 Å². The molecule has 1 unspecified atom stereocenters. The summed E-state index contributed by atoms with van der Waals surface area (Å²) in [5.74, 6) is 1.26. The maximum absolute atomic E-state index is 11.9. The van der Waals surface area contributed by atoms with Crippen LogP contribution in [0, 0.1) is 0 Å². The molecule has 1 aliphatic rings. The number of ether oxygens (including phenoxy) is 2. The van der Waals surface area contributed by atoms with Crippen LogP contribution in [0.3, 0.4) is 0 Å². The van der Waals surface area contributed by atoms with Gasteiger partial charge in [0.15, 0.2) is 6.61 Å². The van der Waals surface area contributed by atoms with Gasteiger partial charge in [-0.25, -0.2) is 0 Å². The van der Waals surface area contributed by atoms with Crippen LogP contribution in [0.15, 0.2) is 60.8 Å². The topological polar surface area (TPSA) is 50.8 Å². The third-order valence-electron chi connectivity index (χ3n) is 4.63. The SMILES string of the molecule is C=C(CCNC(=O)COc1ccc(Cl)cc1)N1CCC(Oc2ccc(Cl)cc2)C1. The summed E-state index contributed by atoms with van der Waals surface area (Å²) in [6.45, 7) is 6.31. The summed E-state index contributed by atoms with van der Waals surface area (Å²) in [4.78, 5) is 14.1. The second-order valence-electron chi connectivity index (χ2n) is 6.84. The molecule has 0 bridgehead atoms. The molecule has 1 aliphatic heterocycles. The maximum Gasteiger partial charge on any atom is 0.257 e. The van der Waals surface area contributed by atoms with Crippen molar-refractivity contribution in [1.29, 1.82) is 0 Å². The predicted molar refractivity (Wildman–Crippen MR) is 116 cm³/mol. The number of nitrogens with one attached hydrogen (secondary N) is 1. The van der Waals surface area contributed by atoms with Crippen LogP contribution in [-0.4, -0.2) is 43.2 Å². The first-order valence-electron chi connectivity index (χ1n) is 9.49. The van der Waals surface area contributed by atoms with Gasteiger partial charge < -0.3 is 19.7 Å². The number of halogens is 2. The van der Waals surface area contributed by atoms with E-state index in [-0.39, 0.29) is 18.6 Å². The van der Waals surface area contributed by atoms with E-state index in [0.29, 0.717) is 28.8 Å². The van der Waals surface area contributed by atoms with E-state index in [2.05, 4.69) is 16.8 Å². The van der Waals surface area contributed by atoms with Crippen molar-refractivity contribution in [2.45, 2.75) is 18.9 Å². The highest BCUT2D eigenvalue weighted by atomic mass is 35.5. The molecule has 1 N–H and O–H groups in total. The second kappa shape index (κ2) is 10.4. The minimum Gasteiger partial charge on any atom is -0.489 e. The summed E-state index contributed by atoms with van der Waals surface area (Å²) in [6.07, 6.45) is 1.74. The van der Waals surface area contributed by atoms with Gasteiger partial charge in [0.25, 0.3) is 5.91 Å². The Bertz CT molecular complexity index is 825. The van der Waals surface area contributed by atoms with Crippen molar-refractivity contribution in [1.82, 2.24) is 10.2 Å². The Morgan fingerprint density at radius 1 is 1.07 bits per heavy atom. The molecule has 5 nitrogen and oxygen atoms in total. The van der Waals surface area contributed by atoms with E-state index in [1.807, 2.05) is 24.3 Å². The second-order valence-corrected chi connectivity index (χ2v) is 7.71. The van der Waals surface area contributed by atoms with Gasteiger partial charge in [0.2, 0.25) is 0 Å². The number of likely N-dealkylation sites (tertiary alicyclic amines) is 1. The van der Waals surface area contributed by atoms with Crippen LogP contribution in [0.1, 0.15) is 12.8 Å². The number of benzene rings is 2. The van der Waals surface area contributed by atoms with E-state index < -0.39 is 0 Å². The molecule has 2 aromatic rings. The minimum absolute atomic E-state index is 0.0329. The van der Waals surface area contributed by atoms with Crippen LogP contribution in [-0.2, 0) is 4.79 Å². The molecule has 0 saturated carbocycles. The fourth-order valence-electron chi connectivity index (χ4n) is 3.05. The number of hydrogen-bond donors (Lipinski definition) is 1. The molecule has 0 aromatic heterocycles. The quantitative estimate of drug-likeness (QED) is 0.628. The molecular formula is C22H24Cl2N2O3. The van der Waals surface area contributed by atoms with Crippen LogP contribution in [0.5, 0.6) is 11.5 Å². The molecule has 3 rings (SSSR count). The van der Waals surface area contributed by atoms with E-state index in [4.69, 9.17) is 32.7 Å². The van der Waals surface area contributed by atoms with Crippen LogP contribution in [0.4, 0.5) is 0 Å². The molecule has 1 saturated heterocycles. The zero-order valence-electron chi connectivity index (χ0n) is 16.1. The van der Waals surface area contributed by atoms with Crippen LogP contribution in [0.25, 0.3) is 0 Å². The fourth-order valence-corrected chi connectivity index (χ4v) is 3.30. The van der Waals surface area contributed by atoms with E-state index in [0.717, 1.165) is 31.0 Å². The average Bonchev–Trinajstić information content (AvgIpc) is 3.18. The molecule has 1 heterocycles. The monoisotopic (exact) mass is 434 g/mol. The number of carbonyl (C=O) groups is 1. The summed E-state index contributed by atoms with van der Waals surface area (Å²) in [5.41, 5.74) is 0.992. The first-order chi connectivity index (χ1) is 14.0. The van der Waals surface area contributed by atoms with Gasteiger partial charge in [-0.1, -0.05) is 29.8 Å². The van der Waals surface area contributed by atoms with Crippen LogP contribution < -0.4 is 14.8 Å². The minimum atomic E-state index is -0.168. The molecule has 1 fully saturated rings. The average molecular weight is 435 g/mol. The van der Waals surface area contributed by atoms with Crippen molar-refractivity contribution in [2.24, 2.45) is 0 Å². The van der Waals surface area contributed by atoms with E-state index in [9.17, 15) is 4.79 Å². The van der Waals surface area contributed by atoms with E-state index in [1.54, 1.807) is 24.3 Å². The van der Waals surface area contributed by atoms with Crippen molar-refractivity contribution < 1.29 is 14.3 Å². The molecule has 154 valence electrons. The lowest BCUT2D eigenvalue weighted by atomic mass is 10.3. The molecule has 0 aliphatic carbocycles. The first-order valence-corrected chi connectivity index (χ1v) is 10.3. The highest BCUT2D eigenvalue weighted by Gasteiger charge is 2.24. The molecule has 0 radical (unpaired) electrons. The third kappa shape index (κ3) is 6.87. The predicted octanol–water partition coefficient (Wildman–Crippen LogP) is 4.55. The van der Waals surface area contributed by atoms with Gasteiger partial charge in [-0.15, -0.1) is 0 Å².